The van der Waals surface area contributed by atoms with Gasteiger partial charge < -0.3 is 20.4 Å². The number of carbonyl (C=O) groups is 4. The number of pyridine rings is 1. The smallest absolute Gasteiger partial charge is 0.262 e. The van der Waals surface area contributed by atoms with Gasteiger partial charge in [-0.15, -0.1) is 0 Å². The number of fused-ring (bicyclic) bond motifs is 2. The number of hydrogen-bond acceptors (Lipinski definition) is 13. The molecule has 16 nitrogen and oxygen atoms in total. The van der Waals surface area contributed by atoms with Gasteiger partial charge in [-0.05, 0) is 74.1 Å². The maximum atomic E-state index is 13.4. The maximum Gasteiger partial charge on any atom is 0.262 e. The molecule has 2 atom stereocenters. The Morgan fingerprint density at radius 1 is 0.825 bits per heavy atom. The normalized spacial score (nSPS) is 20.1. The standard InChI is InChI=1S/C41H44N12O4/c1-24-5-4-6-25(2)35(24)46-36-31-21-43-41(47-37(31)49(3)48-36)44-27-7-11-33(42-20-27)51-17-15-50(16-18-51)22-26-13-14-52(23-26)28-8-9-29-30(19-28)40(57)53(39(29)56)32-10-12-34(54)45-38(32)55/h4-9,11,19-21,26,32H,10,12-18,22-23H2,1-3H3,(H,46,48)(H,43,44,47)(H,45,54,55)/t26-,32?/m1/s1. The number of benzene rings is 2. The van der Waals surface area contributed by atoms with Gasteiger partial charge in [0.25, 0.3) is 11.8 Å². The van der Waals surface area contributed by atoms with Crippen LogP contribution in [-0.4, -0.2) is 110 Å². The van der Waals surface area contributed by atoms with Gasteiger partial charge in [0, 0.05) is 76.9 Å². The molecular weight excluding hydrogens is 725 g/mol. The van der Waals surface area contributed by atoms with E-state index in [1.54, 1.807) is 23.0 Å². The Kier molecular flexibility index (Phi) is 9.27. The number of carbonyl (C=O) groups excluding carboxylic acids is 4. The van der Waals surface area contributed by atoms with Gasteiger partial charge in [0.05, 0.1) is 28.4 Å². The number of para-hydroxylation sites is 1. The molecule has 57 heavy (non-hydrogen) atoms. The molecule has 2 aromatic carbocycles. The lowest BCUT2D eigenvalue weighted by Crippen LogP contribution is -2.54. The summed E-state index contributed by atoms with van der Waals surface area (Å²) in [7, 11) is 1.87. The Morgan fingerprint density at radius 2 is 1.61 bits per heavy atom. The summed E-state index contributed by atoms with van der Waals surface area (Å²) in [4.78, 5) is 72.8. The number of piperidine rings is 1. The second-order valence-electron chi connectivity index (χ2n) is 15.4. The highest BCUT2D eigenvalue weighted by molar-refractivity contribution is 6.23. The molecule has 4 aliphatic rings. The van der Waals surface area contributed by atoms with E-state index in [0.717, 1.165) is 96.5 Å². The van der Waals surface area contributed by atoms with Crippen molar-refractivity contribution in [3.8, 4) is 0 Å². The lowest BCUT2D eigenvalue weighted by atomic mass is 10.0. The van der Waals surface area contributed by atoms with Crippen LogP contribution in [0.15, 0.2) is 60.9 Å². The van der Waals surface area contributed by atoms with Gasteiger partial charge in [-0.1, -0.05) is 18.2 Å². The van der Waals surface area contributed by atoms with Crippen LogP contribution in [0.5, 0.6) is 0 Å². The third kappa shape index (κ3) is 6.90. The number of amides is 4. The van der Waals surface area contributed by atoms with Crippen molar-refractivity contribution in [2.24, 2.45) is 13.0 Å². The lowest BCUT2D eigenvalue weighted by molar-refractivity contribution is -0.136. The zero-order valence-corrected chi connectivity index (χ0v) is 32.2. The van der Waals surface area contributed by atoms with Crippen molar-refractivity contribution in [2.75, 3.05) is 66.2 Å². The van der Waals surface area contributed by atoms with E-state index >= 15 is 0 Å². The molecule has 0 bridgehead atoms. The van der Waals surface area contributed by atoms with E-state index in [0.29, 0.717) is 34.5 Å². The molecule has 1 unspecified atom stereocenters. The van der Waals surface area contributed by atoms with Crippen LogP contribution in [0, 0.1) is 19.8 Å². The highest BCUT2D eigenvalue weighted by atomic mass is 16.2. The molecule has 9 rings (SSSR count). The molecule has 0 radical (unpaired) electrons. The molecule has 3 N–H and O–H groups in total. The van der Waals surface area contributed by atoms with Gasteiger partial charge in [-0.3, -0.25) is 34.3 Å². The maximum absolute atomic E-state index is 13.4. The molecule has 292 valence electrons. The van der Waals surface area contributed by atoms with Crippen molar-refractivity contribution in [1.82, 2.24) is 39.8 Å². The fourth-order valence-electron chi connectivity index (χ4n) is 8.49. The van der Waals surface area contributed by atoms with E-state index in [4.69, 9.17) is 9.97 Å². The van der Waals surface area contributed by atoms with Crippen LogP contribution in [-0.2, 0) is 16.6 Å². The molecule has 3 saturated heterocycles. The van der Waals surface area contributed by atoms with Crippen molar-refractivity contribution in [3.05, 3.63) is 83.2 Å². The zero-order valence-electron chi connectivity index (χ0n) is 32.2. The fourth-order valence-corrected chi connectivity index (χ4v) is 8.49. The monoisotopic (exact) mass is 768 g/mol. The number of rotatable bonds is 9. The van der Waals surface area contributed by atoms with E-state index in [9.17, 15) is 19.2 Å². The summed E-state index contributed by atoms with van der Waals surface area (Å²) in [5, 5.41) is 14.5. The molecule has 5 aromatic rings. The molecule has 7 heterocycles. The van der Waals surface area contributed by atoms with Crippen molar-refractivity contribution in [2.45, 2.75) is 39.2 Å². The van der Waals surface area contributed by atoms with E-state index in [-0.39, 0.29) is 18.7 Å². The minimum atomic E-state index is -0.968. The predicted octanol–water partition coefficient (Wildman–Crippen LogP) is 3.91. The number of piperazine rings is 1. The largest absolute Gasteiger partial charge is 0.371 e. The SMILES string of the molecule is Cc1cccc(C)c1Nc1nn(C)c2nc(Nc3ccc(N4CCN(C[C@H]5CCN(c6ccc7c(c6)C(=O)N(C6CCC(=O)NC6=O)C7=O)C5)CC4)nc3)ncc12. The molecule has 0 aliphatic carbocycles. The van der Waals surface area contributed by atoms with Crippen LogP contribution >= 0.6 is 0 Å². The topological polar surface area (TPSA) is 174 Å². The van der Waals surface area contributed by atoms with Crippen LogP contribution in [0.1, 0.15) is 51.1 Å². The molecule has 0 saturated carbocycles. The summed E-state index contributed by atoms with van der Waals surface area (Å²) in [5.74, 6) is 0.626. The van der Waals surface area contributed by atoms with Crippen molar-refractivity contribution in [3.63, 3.8) is 0 Å². The quantitative estimate of drug-likeness (QED) is 0.185. The molecule has 16 heteroatoms. The van der Waals surface area contributed by atoms with Gasteiger partial charge in [-0.25, -0.2) is 14.6 Å². The molecular formula is C41H44N12O4. The van der Waals surface area contributed by atoms with Gasteiger partial charge in [-0.2, -0.15) is 10.1 Å². The van der Waals surface area contributed by atoms with Crippen molar-refractivity contribution < 1.29 is 19.2 Å². The first-order chi connectivity index (χ1) is 27.6. The Hall–Kier alpha value is -6.42. The fraction of sp³-hybridized carbons (Fsp3) is 0.366. The second kappa shape index (κ2) is 14.6. The first-order valence-electron chi connectivity index (χ1n) is 19.4. The van der Waals surface area contributed by atoms with Gasteiger partial charge in [0.2, 0.25) is 17.8 Å². The molecule has 3 fully saturated rings. The van der Waals surface area contributed by atoms with Gasteiger partial charge >= 0.3 is 0 Å². The Morgan fingerprint density at radius 3 is 2.37 bits per heavy atom. The molecule has 4 aliphatic heterocycles. The second-order valence-corrected chi connectivity index (χ2v) is 15.4. The van der Waals surface area contributed by atoms with Crippen molar-refractivity contribution in [1.29, 1.82) is 0 Å². The molecule has 4 amide bonds. The number of aryl methyl sites for hydroxylation is 3. The van der Waals surface area contributed by atoms with Crippen LogP contribution in [0.25, 0.3) is 11.0 Å². The average molecular weight is 769 g/mol. The number of nitrogens with one attached hydrogen (secondary N) is 3. The zero-order chi connectivity index (χ0) is 39.4. The summed E-state index contributed by atoms with van der Waals surface area (Å²) < 4.78 is 1.75. The number of nitrogens with zero attached hydrogens (tertiary/aromatic N) is 9. The lowest BCUT2D eigenvalue weighted by Gasteiger charge is -2.36. The highest BCUT2D eigenvalue weighted by Gasteiger charge is 2.45. The van der Waals surface area contributed by atoms with Crippen LogP contribution in [0.3, 0.4) is 0 Å². The van der Waals surface area contributed by atoms with Crippen LogP contribution in [0.4, 0.5) is 34.6 Å². The van der Waals surface area contributed by atoms with E-state index < -0.39 is 23.8 Å². The van der Waals surface area contributed by atoms with E-state index in [1.165, 1.54) is 0 Å². The third-order valence-corrected chi connectivity index (χ3v) is 11.6. The van der Waals surface area contributed by atoms with Crippen LogP contribution < -0.4 is 25.8 Å². The minimum Gasteiger partial charge on any atom is -0.371 e. The minimum absolute atomic E-state index is 0.0959. The Labute approximate surface area is 329 Å². The van der Waals surface area contributed by atoms with E-state index in [2.05, 4.69) is 66.7 Å². The summed E-state index contributed by atoms with van der Waals surface area (Å²) in [5.41, 5.74) is 6.34. The number of anilines is 6. The van der Waals surface area contributed by atoms with Gasteiger partial charge in [0.15, 0.2) is 11.5 Å². The summed E-state index contributed by atoms with van der Waals surface area (Å²) in [6, 6.07) is 14.6. The number of aromatic nitrogens is 5. The van der Waals surface area contributed by atoms with Gasteiger partial charge in [0.1, 0.15) is 11.9 Å². The Bertz CT molecular complexity index is 2400. The van der Waals surface area contributed by atoms with E-state index in [1.807, 2.05) is 37.5 Å². The average Bonchev–Trinajstić information content (AvgIpc) is 3.87. The number of imide groups is 2. The third-order valence-electron chi connectivity index (χ3n) is 11.6. The summed E-state index contributed by atoms with van der Waals surface area (Å²) in [6.45, 7) is 10.5. The molecule has 3 aromatic heterocycles. The highest BCUT2D eigenvalue weighted by Crippen LogP contribution is 2.33. The van der Waals surface area contributed by atoms with Crippen molar-refractivity contribution >= 4 is 69.3 Å². The first-order valence-corrected chi connectivity index (χ1v) is 19.4. The Balaban J connectivity index is 0.766. The predicted molar refractivity (Wildman–Crippen MR) is 215 cm³/mol. The number of hydrogen-bond donors (Lipinski definition) is 3. The first kappa shape index (κ1) is 36.2. The van der Waals surface area contributed by atoms with Crippen LogP contribution in [0.2, 0.25) is 0 Å². The summed E-state index contributed by atoms with van der Waals surface area (Å²) in [6.07, 6.45) is 4.87. The molecule has 0 spiro atoms. The summed E-state index contributed by atoms with van der Waals surface area (Å²) >= 11 is 0.